The fraction of sp³-hybridized carbons (Fsp3) is 0.625. The zero-order valence-corrected chi connectivity index (χ0v) is 12.3. The predicted octanol–water partition coefficient (Wildman–Crippen LogP) is 3.49. The van der Waals surface area contributed by atoms with E-state index in [1.54, 1.807) is 12.1 Å². The third-order valence-corrected chi connectivity index (χ3v) is 3.88. The third kappa shape index (κ3) is 3.76. The van der Waals surface area contributed by atoms with Gasteiger partial charge in [-0.15, -0.1) is 0 Å². The molecule has 0 spiro atoms. The first-order chi connectivity index (χ1) is 9.67. The number of nitrogens with one attached hydrogen (secondary N) is 1. The van der Waals surface area contributed by atoms with Crippen molar-refractivity contribution < 1.29 is 8.78 Å². The van der Waals surface area contributed by atoms with Crippen LogP contribution >= 0.6 is 0 Å². The van der Waals surface area contributed by atoms with Crippen molar-refractivity contribution in [3.63, 3.8) is 0 Å². The Hall–Kier alpha value is -1.00. The van der Waals surface area contributed by atoms with Crippen molar-refractivity contribution in [3.05, 3.63) is 35.4 Å². The van der Waals surface area contributed by atoms with E-state index in [1.165, 1.54) is 18.9 Å². The van der Waals surface area contributed by atoms with Crippen molar-refractivity contribution >= 4 is 0 Å². The Labute approximate surface area is 120 Å². The third-order valence-electron chi connectivity index (χ3n) is 3.88. The highest BCUT2D eigenvalue weighted by Gasteiger charge is 2.30. The number of benzene rings is 1. The van der Waals surface area contributed by atoms with Crippen LogP contribution < -0.4 is 5.32 Å². The average Bonchev–Trinajstić information content (AvgIpc) is 3.27. The number of nitrogens with zero attached hydrogens (tertiary/aromatic N) is 1. The zero-order valence-electron chi connectivity index (χ0n) is 12.3. The second-order valence-corrected chi connectivity index (χ2v) is 5.47. The van der Waals surface area contributed by atoms with Gasteiger partial charge in [-0.2, -0.15) is 0 Å². The molecule has 20 heavy (non-hydrogen) atoms. The molecule has 2 rings (SSSR count). The predicted molar refractivity (Wildman–Crippen MR) is 77.7 cm³/mol. The molecule has 1 aromatic carbocycles. The van der Waals surface area contributed by atoms with Crippen LogP contribution in [-0.2, 0) is 0 Å². The summed E-state index contributed by atoms with van der Waals surface area (Å²) < 4.78 is 27.5. The van der Waals surface area contributed by atoms with Gasteiger partial charge in [-0.25, -0.2) is 8.78 Å². The molecule has 1 aliphatic rings. The van der Waals surface area contributed by atoms with Gasteiger partial charge in [0.2, 0.25) is 0 Å². The van der Waals surface area contributed by atoms with Gasteiger partial charge in [0.25, 0.3) is 0 Å². The van der Waals surface area contributed by atoms with Gasteiger partial charge in [-0.1, -0.05) is 26.0 Å². The van der Waals surface area contributed by atoms with Crippen molar-refractivity contribution in [2.45, 2.75) is 45.2 Å². The summed E-state index contributed by atoms with van der Waals surface area (Å²) in [5.74, 6) is -1.48. The molecular formula is C16H24F2N2. The van der Waals surface area contributed by atoms with Crippen molar-refractivity contribution in [1.29, 1.82) is 0 Å². The quantitative estimate of drug-likeness (QED) is 0.785. The standard InChI is InChI=1S/C16H24F2N2/c1-3-10-19-15(11-20(4-2)12-8-9-12)13-6-5-7-14(17)16(13)18/h5-7,12,15,19H,3-4,8-11H2,1-2H3. The number of likely N-dealkylation sites (N-methyl/N-ethyl adjacent to an activating group) is 1. The minimum atomic E-state index is -0.764. The van der Waals surface area contributed by atoms with E-state index in [0.717, 1.165) is 26.1 Å². The summed E-state index contributed by atoms with van der Waals surface area (Å²) in [6.07, 6.45) is 3.42. The topological polar surface area (TPSA) is 15.3 Å². The molecule has 1 aromatic rings. The Balaban J connectivity index is 2.15. The summed E-state index contributed by atoms with van der Waals surface area (Å²) >= 11 is 0. The Kier molecular flexibility index (Phi) is 5.49. The van der Waals surface area contributed by atoms with Crippen LogP contribution in [0.4, 0.5) is 8.78 Å². The van der Waals surface area contributed by atoms with Crippen LogP contribution in [0.1, 0.15) is 44.7 Å². The Morgan fingerprint density at radius 1 is 1.30 bits per heavy atom. The van der Waals surface area contributed by atoms with Crippen molar-refractivity contribution in [2.75, 3.05) is 19.6 Å². The Morgan fingerprint density at radius 2 is 2.05 bits per heavy atom. The smallest absolute Gasteiger partial charge is 0.163 e. The normalized spacial score (nSPS) is 16.6. The number of hydrogen-bond donors (Lipinski definition) is 1. The Morgan fingerprint density at radius 3 is 2.65 bits per heavy atom. The van der Waals surface area contributed by atoms with Gasteiger partial charge in [0.15, 0.2) is 11.6 Å². The van der Waals surface area contributed by atoms with E-state index in [2.05, 4.69) is 24.1 Å². The average molecular weight is 282 g/mol. The lowest BCUT2D eigenvalue weighted by Gasteiger charge is -2.28. The van der Waals surface area contributed by atoms with Crippen LogP contribution in [0.3, 0.4) is 0 Å². The van der Waals surface area contributed by atoms with E-state index in [0.29, 0.717) is 11.6 Å². The van der Waals surface area contributed by atoms with Gasteiger partial charge < -0.3 is 5.32 Å². The van der Waals surface area contributed by atoms with Gasteiger partial charge in [0, 0.05) is 24.2 Å². The minimum Gasteiger partial charge on any atom is -0.309 e. The van der Waals surface area contributed by atoms with Crippen LogP contribution in [0.2, 0.25) is 0 Å². The van der Waals surface area contributed by atoms with E-state index in [9.17, 15) is 8.78 Å². The van der Waals surface area contributed by atoms with Gasteiger partial charge in [-0.05, 0) is 38.4 Å². The molecule has 0 radical (unpaired) electrons. The summed E-state index contributed by atoms with van der Waals surface area (Å²) in [4.78, 5) is 2.36. The first-order valence-corrected chi connectivity index (χ1v) is 7.58. The fourth-order valence-electron chi connectivity index (χ4n) is 2.59. The highest BCUT2D eigenvalue weighted by molar-refractivity contribution is 5.23. The van der Waals surface area contributed by atoms with Crippen LogP contribution in [0, 0.1) is 11.6 Å². The molecule has 1 atom stereocenters. The maximum absolute atomic E-state index is 14.0. The molecule has 1 aliphatic carbocycles. The molecule has 0 bridgehead atoms. The summed E-state index contributed by atoms with van der Waals surface area (Å²) in [6.45, 7) is 6.69. The Bertz CT molecular complexity index is 432. The van der Waals surface area contributed by atoms with E-state index < -0.39 is 11.6 Å². The van der Waals surface area contributed by atoms with Crippen LogP contribution in [-0.4, -0.2) is 30.6 Å². The molecule has 1 unspecified atom stereocenters. The van der Waals surface area contributed by atoms with E-state index in [1.807, 2.05) is 0 Å². The number of rotatable bonds is 8. The molecule has 1 fully saturated rings. The van der Waals surface area contributed by atoms with Crippen LogP contribution in [0.5, 0.6) is 0 Å². The first kappa shape index (κ1) is 15.4. The summed E-state index contributed by atoms with van der Waals surface area (Å²) in [5, 5.41) is 3.35. The van der Waals surface area contributed by atoms with Gasteiger partial charge in [0.1, 0.15) is 0 Å². The number of halogens is 2. The summed E-state index contributed by atoms with van der Waals surface area (Å²) in [6, 6.07) is 4.93. The van der Waals surface area contributed by atoms with E-state index >= 15 is 0 Å². The monoisotopic (exact) mass is 282 g/mol. The van der Waals surface area contributed by atoms with Crippen molar-refractivity contribution in [3.8, 4) is 0 Å². The minimum absolute atomic E-state index is 0.147. The molecule has 1 N–H and O–H groups in total. The first-order valence-electron chi connectivity index (χ1n) is 7.58. The molecule has 112 valence electrons. The molecule has 1 saturated carbocycles. The van der Waals surface area contributed by atoms with E-state index in [-0.39, 0.29) is 6.04 Å². The fourth-order valence-corrected chi connectivity index (χ4v) is 2.59. The molecule has 0 amide bonds. The SMILES string of the molecule is CCCNC(CN(CC)C1CC1)c1cccc(F)c1F. The molecule has 0 heterocycles. The number of hydrogen-bond acceptors (Lipinski definition) is 2. The van der Waals surface area contributed by atoms with Crippen molar-refractivity contribution in [1.82, 2.24) is 10.2 Å². The highest BCUT2D eigenvalue weighted by atomic mass is 19.2. The molecule has 0 aliphatic heterocycles. The molecule has 2 nitrogen and oxygen atoms in total. The van der Waals surface area contributed by atoms with Crippen LogP contribution in [0.15, 0.2) is 18.2 Å². The molecule has 4 heteroatoms. The summed E-state index contributed by atoms with van der Waals surface area (Å²) in [7, 11) is 0. The lowest BCUT2D eigenvalue weighted by molar-refractivity contribution is 0.241. The molecular weight excluding hydrogens is 258 g/mol. The van der Waals surface area contributed by atoms with Crippen molar-refractivity contribution in [2.24, 2.45) is 0 Å². The van der Waals surface area contributed by atoms with Gasteiger partial charge in [0.05, 0.1) is 0 Å². The lowest BCUT2D eigenvalue weighted by Crippen LogP contribution is -2.37. The largest absolute Gasteiger partial charge is 0.309 e. The lowest BCUT2D eigenvalue weighted by atomic mass is 10.0. The molecule has 0 saturated heterocycles. The second kappa shape index (κ2) is 7.14. The summed E-state index contributed by atoms with van der Waals surface area (Å²) in [5.41, 5.74) is 0.442. The highest BCUT2D eigenvalue weighted by Crippen LogP contribution is 2.29. The maximum Gasteiger partial charge on any atom is 0.163 e. The van der Waals surface area contributed by atoms with Gasteiger partial charge in [-0.3, -0.25) is 4.90 Å². The molecule has 0 aromatic heterocycles. The second-order valence-electron chi connectivity index (χ2n) is 5.47. The maximum atomic E-state index is 14.0. The zero-order chi connectivity index (χ0) is 14.5. The van der Waals surface area contributed by atoms with Crippen LogP contribution in [0.25, 0.3) is 0 Å². The van der Waals surface area contributed by atoms with E-state index in [4.69, 9.17) is 0 Å². The van der Waals surface area contributed by atoms with Gasteiger partial charge >= 0.3 is 0 Å².